The summed E-state index contributed by atoms with van der Waals surface area (Å²) < 4.78 is 15.8. The molecule has 134 valence electrons. The number of hydrogen-bond acceptors (Lipinski definition) is 7. The molecule has 3 heterocycles. The quantitative estimate of drug-likeness (QED) is 0.817. The molecule has 0 bridgehead atoms. The smallest absolute Gasteiger partial charge is 0.321 e. The van der Waals surface area contributed by atoms with Crippen molar-refractivity contribution in [3.8, 4) is 5.88 Å². The Labute approximate surface area is 149 Å². The summed E-state index contributed by atoms with van der Waals surface area (Å²) in [5, 5.41) is 8.08. The number of anilines is 1. The summed E-state index contributed by atoms with van der Waals surface area (Å²) >= 11 is 1.36. The molecule has 2 N–H and O–H groups in total. The summed E-state index contributed by atoms with van der Waals surface area (Å²) in [4.78, 5) is 20.7. The third-order valence-corrected chi connectivity index (χ3v) is 4.58. The van der Waals surface area contributed by atoms with Crippen molar-refractivity contribution in [1.29, 1.82) is 0 Å². The van der Waals surface area contributed by atoms with E-state index < -0.39 is 0 Å². The highest BCUT2D eigenvalue weighted by atomic mass is 32.1. The van der Waals surface area contributed by atoms with Crippen LogP contribution in [0.2, 0.25) is 0 Å². The van der Waals surface area contributed by atoms with E-state index in [2.05, 4.69) is 20.6 Å². The van der Waals surface area contributed by atoms with E-state index in [1.165, 1.54) is 11.3 Å². The number of amides is 2. The van der Waals surface area contributed by atoms with Crippen LogP contribution in [0.5, 0.6) is 5.88 Å². The van der Waals surface area contributed by atoms with Gasteiger partial charge in [0.2, 0.25) is 5.88 Å². The topological polar surface area (TPSA) is 94.6 Å². The molecule has 8 nitrogen and oxygen atoms in total. The molecule has 1 aliphatic rings. The highest BCUT2D eigenvalue weighted by Gasteiger charge is 2.31. The molecular formula is C16H20N4O4S. The minimum atomic E-state index is -0.305. The monoisotopic (exact) mass is 364 g/mol. The number of ether oxygens (including phenoxy) is 3. The Morgan fingerprint density at radius 1 is 1.44 bits per heavy atom. The van der Waals surface area contributed by atoms with Crippen LogP contribution in [-0.2, 0) is 16.1 Å². The molecule has 2 aromatic rings. The molecular weight excluding hydrogens is 344 g/mol. The van der Waals surface area contributed by atoms with Crippen LogP contribution >= 0.6 is 11.3 Å². The maximum absolute atomic E-state index is 12.2. The van der Waals surface area contributed by atoms with Gasteiger partial charge >= 0.3 is 6.03 Å². The third kappa shape index (κ3) is 4.44. The fraction of sp³-hybridized carbons (Fsp3) is 0.438. The van der Waals surface area contributed by atoms with Crippen molar-refractivity contribution in [2.45, 2.75) is 25.2 Å². The number of rotatable bonds is 6. The minimum absolute atomic E-state index is 0.131. The normalized spacial score (nSPS) is 19.6. The molecule has 1 fully saturated rings. The summed E-state index contributed by atoms with van der Waals surface area (Å²) in [7, 11) is 3.17. The van der Waals surface area contributed by atoms with Crippen molar-refractivity contribution in [1.82, 2.24) is 15.3 Å². The molecule has 0 aliphatic carbocycles. The van der Waals surface area contributed by atoms with Crippen LogP contribution in [0.3, 0.4) is 0 Å². The molecule has 9 heteroatoms. The van der Waals surface area contributed by atoms with Crippen molar-refractivity contribution < 1.29 is 19.0 Å². The molecule has 2 aromatic heterocycles. The Morgan fingerprint density at radius 3 is 3.04 bits per heavy atom. The van der Waals surface area contributed by atoms with Crippen LogP contribution in [0.15, 0.2) is 23.7 Å². The van der Waals surface area contributed by atoms with Gasteiger partial charge < -0.3 is 19.5 Å². The van der Waals surface area contributed by atoms with Gasteiger partial charge in [0.25, 0.3) is 0 Å². The van der Waals surface area contributed by atoms with Gasteiger partial charge in [-0.2, -0.15) is 0 Å². The maximum Gasteiger partial charge on any atom is 0.321 e. The first kappa shape index (κ1) is 17.6. The summed E-state index contributed by atoms with van der Waals surface area (Å²) in [5.41, 5.74) is 1.69. The minimum Gasteiger partial charge on any atom is -0.481 e. The van der Waals surface area contributed by atoms with Gasteiger partial charge in [0.1, 0.15) is 6.10 Å². The van der Waals surface area contributed by atoms with E-state index in [0.717, 1.165) is 17.7 Å². The van der Waals surface area contributed by atoms with Gasteiger partial charge in [-0.25, -0.2) is 14.8 Å². The third-order valence-electron chi connectivity index (χ3n) is 3.77. The highest BCUT2D eigenvalue weighted by molar-refractivity contribution is 7.13. The Hall–Kier alpha value is -2.23. The zero-order valence-corrected chi connectivity index (χ0v) is 14.8. The summed E-state index contributed by atoms with van der Waals surface area (Å²) in [5.74, 6) is 0.541. The van der Waals surface area contributed by atoms with E-state index in [-0.39, 0.29) is 18.2 Å². The molecule has 0 saturated carbocycles. The Bertz CT molecular complexity index is 706. The number of urea groups is 1. The first-order chi connectivity index (χ1) is 12.2. The van der Waals surface area contributed by atoms with Crippen LogP contribution in [0.4, 0.5) is 9.93 Å². The Kier molecular flexibility index (Phi) is 5.79. The SMILES string of the molecule is COCc1csc(NC(=O)N[C@@H]2CCO[C@H]2c2ccc(OC)nc2)n1. The maximum atomic E-state index is 12.2. The molecule has 1 saturated heterocycles. The standard InChI is InChI=1S/C16H20N4O4S/c1-22-8-11-9-25-16(18-11)20-15(21)19-12-5-6-24-14(12)10-3-4-13(23-2)17-7-10/h3-4,7,9,12,14H,5-6,8H2,1-2H3,(H2,18,19,20,21)/t12-,14+/m1/s1. The lowest BCUT2D eigenvalue weighted by atomic mass is 10.0. The molecule has 25 heavy (non-hydrogen) atoms. The van der Waals surface area contributed by atoms with Crippen molar-refractivity contribution in [3.63, 3.8) is 0 Å². The predicted molar refractivity (Wildman–Crippen MR) is 92.9 cm³/mol. The zero-order valence-electron chi connectivity index (χ0n) is 14.0. The van der Waals surface area contributed by atoms with Crippen molar-refractivity contribution in [2.24, 2.45) is 0 Å². The number of pyridine rings is 1. The van der Waals surface area contributed by atoms with E-state index >= 15 is 0 Å². The second-order valence-electron chi connectivity index (χ2n) is 5.50. The van der Waals surface area contributed by atoms with Gasteiger partial charge in [-0.1, -0.05) is 0 Å². The Balaban J connectivity index is 1.59. The number of nitrogens with zero attached hydrogens (tertiary/aromatic N) is 2. The van der Waals surface area contributed by atoms with Crippen LogP contribution in [0, 0.1) is 0 Å². The number of methoxy groups -OCH3 is 2. The van der Waals surface area contributed by atoms with Gasteiger partial charge in [0.05, 0.1) is 25.5 Å². The number of hydrogen-bond donors (Lipinski definition) is 2. The van der Waals surface area contributed by atoms with E-state index in [1.54, 1.807) is 26.5 Å². The average Bonchev–Trinajstić information content (AvgIpc) is 3.25. The average molecular weight is 364 g/mol. The van der Waals surface area contributed by atoms with E-state index in [1.807, 2.05) is 11.4 Å². The first-order valence-corrected chi connectivity index (χ1v) is 8.70. The number of thiazole rings is 1. The largest absolute Gasteiger partial charge is 0.481 e. The number of carbonyl (C=O) groups is 1. The molecule has 2 atom stereocenters. The molecule has 3 rings (SSSR count). The number of carbonyl (C=O) groups excluding carboxylic acids is 1. The van der Waals surface area contributed by atoms with Crippen LogP contribution in [-0.4, -0.2) is 42.9 Å². The molecule has 0 spiro atoms. The van der Waals surface area contributed by atoms with Gasteiger partial charge in [-0.15, -0.1) is 11.3 Å². The number of aromatic nitrogens is 2. The molecule has 2 amide bonds. The predicted octanol–water partition coefficient (Wildman–Crippen LogP) is 2.34. The molecule has 0 unspecified atom stereocenters. The lowest BCUT2D eigenvalue weighted by Crippen LogP contribution is -2.39. The Morgan fingerprint density at radius 2 is 2.32 bits per heavy atom. The van der Waals surface area contributed by atoms with Crippen LogP contribution < -0.4 is 15.4 Å². The zero-order chi connectivity index (χ0) is 17.6. The second-order valence-corrected chi connectivity index (χ2v) is 6.35. The fourth-order valence-corrected chi connectivity index (χ4v) is 3.32. The lowest BCUT2D eigenvalue weighted by molar-refractivity contribution is 0.100. The highest BCUT2D eigenvalue weighted by Crippen LogP contribution is 2.29. The van der Waals surface area contributed by atoms with Gasteiger partial charge in [-0.05, 0) is 12.5 Å². The van der Waals surface area contributed by atoms with E-state index in [9.17, 15) is 4.79 Å². The van der Waals surface area contributed by atoms with Crippen LogP contribution in [0.1, 0.15) is 23.8 Å². The van der Waals surface area contributed by atoms with E-state index in [4.69, 9.17) is 14.2 Å². The summed E-state index contributed by atoms with van der Waals surface area (Å²) in [6, 6.07) is 3.24. The van der Waals surface area contributed by atoms with Gasteiger partial charge in [0, 0.05) is 36.9 Å². The fourth-order valence-electron chi connectivity index (χ4n) is 2.63. The number of nitrogens with one attached hydrogen (secondary N) is 2. The van der Waals surface area contributed by atoms with Crippen LogP contribution in [0.25, 0.3) is 0 Å². The summed E-state index contributed by atoms with van der Waals surface area (Å²) in [6.07, 6.45) is 2.21. The van der Waals surface area contributed by atoms with Crippen molar-refractivity contribution in [3.05, 3.63) is 35.0 Å². The lowest BCUT2D eigenvalue weighted by Gasteiger charge is -2.20. The molecule has 0 radical (unpaired) electrons. The molecule has 1 aliphatic heterocycles. The van der Waals surface area contributed by atoms with Crippen molar-refractivity contribution in [2.75, 3.05) is 26.1 Å². The summed E-state index contributed by atoms with van der Waals surface area (Å²) in [6.45, 7) is 1.000. The van der Waals surface area contributed by atoms with E-state index in [0.29, 0.717) is 24.2 Å². The molecule has 0 aromatic carbocycles. The first-order valence-electron chi connectivity index (χ1n) is 7.82. The van der Waals surface area contributed by atoms with Gasteiger partial charge in [0.15, 0.2) is 5.13 Å². The van der Waals surface area contributed by atoms with Crippen molar-refractivity contribution >= 4 is 22.5 Å². The van der Waals surface area contributed by atoms with Gasteiger partial charge in [-0.3, -0.25) is 5.32 Å². The second kappa shape index (κ2) is 8.24.